The van der Waals surface area contributed by atoms with E-state index in [-0.39, 0.29) is 0 Å². The second kappa shape index (κ2) is 9.42. The van der Waals surface area contributed by atoms with Crippen LogP contribution in [0.2, 0.25) is 0 Å². The lowest BCUT2D eigenvalue weighted by molar-refractivity contribution is 1.18. The van der Waals surface area contributed by atoms with Crippen molar-refractivity contribution in [3.05, 3.63) is 158 Å². The molecule has 38 heavy (non-hydrogen) atoms. The normalized spacial score (nSPS) is 11.2. The van der Waals surface area contributed by atoms with E-state index in [1.807, 2.05) is 0 Å². The third kappa shape index (κ3) is 3.84. The maximum absolute atomic E-state index is 2.37. The maximum atomic E-state index is 2.37. The Labute approximate surface area is 222 Å². The van der Waals surface area contributed by atoms with E-state index in [2.05, 4.69) is 167 Å². The van der Waals surface area contributed by atoms with Gasteiger partial charge in [0.1, 0.15) is 0 Å². The Kier molecular flexibility index (Phi) is 5.49. The van der Waals surface area contributed by atoms with Gasteiger partial charge in [0.25, 0.3) is 0 Å². The van der Waals surface area contributed by atoms with E-state index in [0.29, 0.717) is 0 Å². The minimum absolute atomic E-state index is 1.13. The van der Waals surface area contributed by atoms with Gasteiger partial charge < -0.3 is 9.47 Å². The highest BCUT2D eigenvalue weighted by molar-refractivity contribution is 6.10. The van der Waals surface area contributed by atoms with Crippen molar-refractivity contribution in [2.45, 2.75) is 0 Å². The van der Waals surface area contributed by atoms with Crippen LogP contribution in [0.25, 0.3) is 38.6 Å². The lowest BCUT2D eigenvalue weighted by atomic mass is 10.0. The molecule has 0 atom stereocenters. The highest BCUT2D eigenvalue weighted by Crippen LogP contribution is 2.37. The molecule has 7 aromatic rings. The molecule has 0 aliphatic carbocycles. The van der Waals surface area contributed by atoms with Crippen molar-refractivity contribution in [2.24, 2.45) is 0 Å². The van der Waals surface area contributed by atoms with Crippen molar-refractivity contribution in [1.82, 2.24) is 4.57 Å². The van der Waals surface area contributed by atoms with Crippen molar-refractivity contribution in [2.75, 3.05) is 4.90 Å². The quantitative estimate of drug-likeness (QED) is 0.235. The third-order valence-electron chi connectivity index (χ3n) is 7.18. The molecule has 180 valence electrons. The molecule has 0 radical (unpaired) electrons. The molecule has 6 aromatic carbocycles. The molecule has 7 rings (SSSR count). The summed E-state index contributed by atoms with van der Waals surface area (Å²) in [6.45, 7) is 0. The lowest BCUT2D eigenvalue weighted by Gasteiger charge is -2.25. The van der Waals surface area contributed by atoms with Crippen molar-refractivity contribution >= 4 is 38.9 Å². The summed E-state index contributed by atoms with van der Waals surface area (Å²) in [4.78, 5) is 2.29. The van der Waals surface area contributed by atoms with Gasteiger partial charge in [-0.2, -0.15) is 0 Å². The first-order valence-electron chi connectivity index (χ1n) is 13.0. The number of anilines is 3. The molecule has 2 nitrogen and oxygen atoms in total. The fourth-order valence-electron chi connectivity index (χ4n) is 5.41. The first kappa shape index (κ1) is 22.1. The Bertz CT molecular complexity index is 1800. The van der Waals surface area contributed by atoms with Crippen LogP contribution in [0.4, 0.5) is 17.1 Å². The predicted octanol–water partition coefficient (Wildman–Crippen LogP) is 9.92. The smallest absolute Gasteiger partial charge is 0.0547 e. The highest BCUT2D eigenvalue weighted by atomic mass is 15.1. The van der Waals surface area contributed by atoms with Gasteiger partial charge in [0.15, 0.2) is 0 Å². The fourth-order valence-corrected chi connectivity index (χ4v) is 5.41. The molecular weight excluding hydrogens is 460 g/mol. The molecule has 0 aliphatic heterocycles. The first-order valence-corrected chi connectivity index (χ1v) is 13.0. The second-order valence-corrected chi connectivity index (χ2v) is 9.47. The number of nitrogens with zero attached hydrogens (tertiary/aromatic N) is 2. The average Bonchev–Trinajstić information content (AvgIpc) is 3.33. The zero-order valence-electron chi connectivity index (χ0n) is 20.9. The van der Waals surface area contributed by atoms with E-state index in [1.54, 1.807) is 0 Å². The van der Waals surface area contributed by atoms with E-state index in [0.717, 1.165) is 17.1 Å². The number of hydrogen-bond donors (Lipinski definition) is 0. The Morgan fingerprint density at radius 1 is 0.368 bits per heavy atom. The van der Waals surface area contributed by atoms with Crippen LogP contribution < -0.4 is 4.90 Å². The molecule has 1 aromatic heterocycles. The molecule has 0 amide bonds. The standard InChI is InChI=1S/C36H26N2/c1-4-12-29(13-5-1)37(30-14-6-2-7-15-30)32-23-20-27(21-24-32)28-22-25-34-33-18-10-11-19-35(33)38(36(34)26-28)31-16-8-3-9-17-31/h1-26H. The zero-order chi connectivity index (χ0) is 25.3. The summed E-state index contributed by atoms with van der Waals surface area (Å²) in [5.74, 6) is 0. The SMILES string of the molecule is c1ccc(N(c2ccccc2)c2ccc(-c3ccc4c5ccccc5n(-c5ccccc5)c4c3)cc2)cc1. The van der Waals surface area contributed by atoms with E-state index in [1.165, 1.54) is 38.6 Å². The molecule has 0 fully saturated rings. The fraction of sp³-hybridized carbons (Fsp3) is 0. The average molecular weight is 487 g/mol. The van der Waals surface area contributed by atoms with Gasteiger partial charge in [0.05, 0.1) is 11.0 Å². The van der Waals surface area contributed by atoms with Gasteiger partial charge in [0.2, 0.25) is 0 Å². The van der Waals surface area contributed by atoms with Gasteiger partial charge in [0, 0.05) is 33.5 Å². The van der Waals surface area contributed by atoms with Crippen molar-refractivity contribution in [1.29, 1.82) is 0 Å². The van der Waals surface area contributed by atoms with Crippen LogP contribution in [0.3, 0.4) is 0 Å². The van der Waals surface area contributed by atoms with Crippen LogP contribution in [0.1, 0.15) is 0 Å². The van der Waals surface area contributed by atoms with Crippen molar-refractivity contribution in [3.8, 4) is 16.8 Å². The Morgan fingerprint density at radius 3 is 1.53 bits per heavy atom. The molecule has 0 saturated heterocycles. The highest BCUT2D eigenvalue weighted by Gasteiger charge is 2.14. The van der Waals surface area contributed by atoms with Gasteiger partial charge in [-0.15, -0.1) is 0 Å². The van der Waals surface area contributed by atoms with E-state index >= 15 is 0 Å². The number of para-hydroxylation sites is 4. The lowest BCUT2D eigenvalue weighted by Crippen LogP contribution is -2.09. The Hall–Kier alpha value is -5.08. The van der Waals surface area contributed by atoms with E-state index < -0.39 is 0 Å². The largest absolute Gasteiger partial charge is 0.311 e. The summed E-state index contributed by atoms with van der Waals surface area (Å²) in [5, 5.41) is 2.54. The van der Waals surface area contributed by atoms with Crippen molar-refractivity contribution in [3.63, 3.8) is 0 Å². The third-order valence-corrected chi connectivity index (χ3v) is 7.18. The summed E-state index contributed by atoms with van der Waals surface area (Å²) in [5.41, 5.74) is 9.42. The number of aromatic nitrogens is 1. The summed E-state index contributed by atoms with van der Waals surface area (Å²) in [6, 6.07) is 56.0. The number of hydrogen-bond acceptors (Lipinski definition) is 1. The zero-order valence-corrected chi connectivity index (χ0v) is 20.9. The molecule has 2 heteroatoms. The van der Waals surface area contributed by atoms with E-state index in [9.17, 15) is 0 Å². The van der Waals surface area contributed by atoms with Crippen LogP contribution in [0.15, 0.2) is 158 Å². The van der Waals surface area contributed by atoms with Gasteiger partial charge in [-0.25, -0.2) is 0 Å². The summed E-state index contributed by atoms with van der Waals surface area (Å²) in [6.07, 6.45) is 0. The topological polar surface area (TPSA) is 8.17 Å². The van der Waals surface area contributed by atoms with Crippen LogP contribution in [0, 0.1) is 0 Å². The molecule has 0 saturated carbocycles. The molecule has 1 heterocycles. The van der Waals surface area contributed by atoms with Crippen LogP contribution in [0.5, 0.6) is 0 Å². The number of rotatable bonds is 5. The second-order valence-electron chi connectivity index (χ2n) is 9.47. The van der Waals surface area contributed by atoms with Crippen LogP contribution in [-0.4, -0.2) is 4.57 Å². The Balaban J connectivity index is 1.34. The van der Waals surface area contributed by atoms with Crippen molar-refractivity contribution < 1.29 is 0 Å². The minimum atomic E-state index is 1.13. The van der Waals surface area contributed by atoms with Gasteiger partial charge in [-0.05, 0) is 71.8 Å². The first-order chi connectivity index (χ1) is 18.9. The molecular formula is C36H26N2. The summed E-state index contributed by atoms with van der Waals surface area (Å²) >= 11 is 0. The number of benzene rings is 6. The molecule has 0 bridgehead atoms. The van der Waals surface area contributed by atoms with E-state index in [4.69, 9.17) is 0 Å². The summed E-state index contributed by atoms with van der Waals surface area (Å²) in [7, 11) is 0. The van der Waals surface area contributed by atoms with Crippen LogP contribution in [-0.2, 0) is 0 Å². The van der Waals surface area contributed by atoms with Gasteiger partial charge in [-0.3, -0.25) is 0 Å². The van der Waals surface area contributed by atoms with Crippen LogP contribution >= 0.6 is 0 Å². The van der Waals surface area contributed by atoms with Gasteiger partial charge in [-0.1, -0.05) is 97.1 Å². The minimum Gasteiger partial charge on any atom is -0.311 e. The predicted molar refractivity (Wildman–Crippen MR) is 161 cm³/mol. The molecule has 0 spiro atoms. The molecule has 0 aliphatic rings. The monoisotopic (exact) mass is 486 g/mol. The van der Waals surface area contributed by atoms with Gasteiger partial charge >= 0.3 is 0 Å². The molecule has 0 unspecified atom stereocenters. The summed E-state index contributed by atoms with van der Waals surface area (Å²) < 4.78 is 2.37. The molecule has 0 N–H and O–H groups in total. The number of fused-ring (bicyclic) bond motifs is 3. The Morgan fingerprint density at radius 2 is 0.868 bits per heavy atom. The maximum Gasteiger partial charge on any atom is 0.0547 e.